The first-order chi connectivity index (χ1) is 19.8. The van der Waals surface area contributed by atoms with Crippen LogP contribution in [0.25, 0.3) is 33.5 Å². The number of aromatic nitrogens is 5. The molecule has 10 heteroatoms. The molecule has 0 spiro atoms. The molecule has 0 atom stereocenters. The van der Waals surface area contributed by atoms with Crippen LogP contribution in [-0.4, -0.2) is 61.9 Å². The molecule has 0 radical (unpaired) electrons. The second kappa shape index (κ2) is 10.5. The van der Waals surface area contributed by atoms with Gasteiger partial charge in [0.1, 0.15) is 5.39 Å². The van der Waals surface area contributed by atoms with Gasteiger partial charge in [-0.15, -0.1) is 0 Å². The number of likely N-dealkylation sites (N-methyl/N-ethyl adjacent to an activating group) is 1. The lowest BCUT2D eigenvalue weighted by Gasteiger charge is -2.15. The number of nitrogens with zero attached hydrogens (tertiary/aromatic N) is 6. The molecule has 0 aliphatic rings. The van der Waals surface area contributed by atoms with Crippen LogP contribution in [0.15, 0.2) is 77.7 Å². The lowest BCUT2D eigenvalue weighted by molar-refractivity contribution is 0.0951. The summed E-state index contributed by atoms with van der Waals surface area (Å²) in [6.45, 7) is 5.31. The minimum atomic E-state index is -0.239. The number of aryl methyl sites for hydroxylation is 2. The zero-order valence-electron chi connectivity index (χ0n) is 23.3. The molecular formula is C31H30N8O2. The molecule has 0 saturated carbocycles. The Morgan fingerprint density at radius 3 is 2.39 bits per heavy atom. The molecule has 6 aromatic rings. The second-order valence-electron chi connectivity index (χ2n) is 10.3. The fourth-order valence-electron chi connectivity index (χ4n) is 5.03. The Hall–Kier alpha value is -5.09. The maximum absolute atomic E-state index is 14.0. The fraction of sp³-hybridized carbons (Fsp3) is 0.194. The van der Waals surface area contributed by atoms with E-state index >= 15 is 0 Å². The van der Waals surface area contributed by atoms with E-state index in [9.17, 15) is 9.59 Å². The molecule has 0 unspecified atom stereocenters. The molecule has 6 rings (SSSR count). The van der Waals surface area contributed by atoms with Gasteiger partial charge in [0.15, 0.2) is 5.65 Å². The van der Waals surface area contributed by atoms with E-state index in [1.807, 2.05) is 79.7 Å². The van der Waals surface area contributed by atoms with Gasteiger partial charge in [-0.2, -0.15) is 4.98 Å². The number of hydrogen-bond acceptors (Lipinski definition) is 7. The van der Waals surface area contributed by atoms with Crippen LogP contribution in [0.5, 0.6) is 0 Å². The van der Waals surface area contributed by atoms with Crippen LogP contribution in [0.4, 0.5) is 11.6 Å². The van der Waals surface area contributed by atoms with E-state index in [4.69, 9.17) is 9.97 Å². The third-order valence-corrected chi connectivity index (χ3v) is 7.07. The summed E-state index contributed by atoms with van der Waals surface area (Å²) in [6.07, 6.45) is 1.55. The third-order valence-electron chi connectivity index (χ3n) is 7.07. The first kappa shape index (κ1) is 26.1. The van der Waals surface area contributed by atoms with Crippen molar-refractivity contribution in [1.29, 1.82) is 0 Å². The number of rotatable bonds is 7. The predicted molar refractivity (Wildman–Crippen MR) is 161 cm³/mol. The molecule has 41 heavy (non-hydrogen) atoms. The van der Waals surface area contributed by atoms with Gasteiger partial charge in [0.05, 0.1) is 16.7 Å². The van der Waals surface area contributed by atoms with Gasteiger partial charge in [0, 0.05) is 30.5 Å². The molecule has 10 nitrogen and oxygen atoms in total. The van der Waals surface area contributed by atoms with Crippen molar-refractivity contribution in [2.45, 2.75) is 13.8 Å². The number of para-hydroxylation sites is 3. The molecule has 3 aromatic heterocycles. The third kappa shape index (κ3) is 4.78. The van der Waals surface area contributed by atoms with E-state index in [2.05, 4.69) is 15.6 Å². The summed E-state index contributed by atoms with van der Waals surface area (Å²) in [5.41, 5.74) is 5.81. The highest BCUT2D eigenvalue weighted by Gasteiger charge is 2.20. The smallest absolute Gasteiger partial charge is 0.270 e. The highest BCUT2D eigenvalue weighted by Crippen LogP contribution is 2.26. The van der Waals surface area contributed by atoms with Crippen LogP contribution in [0.3, 0.4) is 0 Å². The average Bonchev–Trinajstić information content (AvgIpc) is 3.34. The van der Waals surface area contributed by atoms with Crippen molar-refractivity contribution in [2.75, 3.05) is 32.5 Å². The number of benzene rings is 3. The molecule has 0 aliphatic carbocycles. The molecule has 3 heterocycles. The van der Waals surface area contributed by atoms with Crippen molar-refractivity contribution >= 4 is 45.4 Å². The summed E-state index contributed by atoms with van der Waals surface area (Å²) in [4.78, 5) is 42.5. The Labute approximate surface area is 236 Å². The minimum absolute atomic E-state index is 0.130. The number of hydrogen-bond donors (Lipinski definition) is 2. The second-order valence-corrected chi connectivity index (χ2v) is 10.3. The predicted octanol–water partition coefficient (Wildman–Crippen LogP) is 4.23. The molecule has 2 N–H and O–H groups in total. The van der Waals surface area contributed by atoms with Gasteiger partial charge < -0.3 is 15.5 Å². The summed E-state index contributed by atoms with van der Waals surface area (Å²) in [5.74, 6) is 0.675. The summed E-state index contributed by atoms with van der Waals surface area (Å²) in [6, 6.07) is 20.8. The molecule has 3 aromatic carbocycles. The molecule has 206 valence electrons. The summed E-state index contributed by atoms with van der Waals surface area (Å²) < 4.78 is 3.57. The van der Waals surface area contributed by atoms with Crippen LogP contribution in [-0.2, 0) is 0 Å². The fourth-order valence-corrected chi connectivity index (χ4v) is 5.03. The van der Waals surface area contributed by atoms with E-state index < -0.39 is 0 Å². The number of amides is 1. The van der Waals surface area contributed by atoms with Gasteiger partial charge in [-0.05, 0) is 75.5 Å². The molecule has 0 aliphatic heterocycles. The highest BCUT2D eigenvalue weighted by atomic mass is 16.1. The Balaban J connectivity index is 1.43. The first-order valence-corrected chi connectivity index (χ1v) is 13.4. The van der Waals surface area contributed by atoms with E-state index in [0.717, 1.165) is 34.4 Å². The van der Waals surface area contributed by atoms with Gasteiger partial charge in [-0.1, -0.05) is 30.3 Å². The summed E-state index contributed by atoms with van der Waals surface area (Å²) in [7, 11) is 3.92. The van der Waals surface area contributed by atoms with Crippen LogP contribution in [0, 0.1) is 13.8 Å². The van der Waals surface area contributed by atoms with Gasteiger partial charge in [-0.25, -0.2) is 14.5 Å². The average molecular weight is 547 g/mol. The molecule has 0 saturated heterocycles. The van der Waals surface area contributed by atoms with Crippen molar-refractivity contribution in [3.05, 3.63) is 100.0 Å². The minimum Gasteiger partial charge on any atom is -0.351 e. The van der Waals surface area contributed by atoms with Crippen LogP contribution in [0.2, 0.25) is 0 Å². The van der Waals surface area contributed by atoms with E-state index in [0.29, 0.717) is 40.6 Å². The summed E-state index contributed by atoms with van der Waals surface area (Å²) in [5, 5.41) is 6.49. The maximum Gasteiger partial charge on any atom is 0.270 e. The van der Waals surface area contributed by atoms with Crippen molar-refractivity contribution < 1.29 is 4.79 Å². The Kier molecular flexibility index (Phi) is 6.68. The SMILES string of the molecule is Cc1cccc(C)c1-n1c(=O)c2cnc(Nc3ccc(C(=O)NCCN(C)C)cc3)nc2n2c3ccccc3nc12. The molecule has 0 bridgehead atoms. The van der Waals surface area contributed by atoms with Crippen LogP contribution < -0.4 is 16.2 Å². The number of fused-ring (bicyclic) bond motifs is 5. The van der Waals surface area contributed by atoms with Crippen molar-refractivity contribution in [3.63, 3.8) is 0 Å². The number of carbonyl (C=O) groups excluding carboxylic acids is 1. The van der Waals surface area contributed by atoms with Crippen LogP contribution >= 0.6 is 0 Å². The largest absolute Gasteiger partial charge is 0.351 e. The lowest BCUT2D eigenvalue weighted by Crippen LogP contribution is -2.31. The normalized spacial score (nSPS) is 11.5. The Bertz CT molecular complexity index is 1970. The van der Waals surface area contributed by atoms with Crippen molar-refractivity contribution in [3.8, 4) is 5.69 Å². The van der Waals surface area contributed by atoms with Gasteiger partial charge in [-0.3, -0.25) is 14.0 Å². The number of anilines is 2. The number of carbonyl (C=O) groups is 1. The van der Waals surface area contributed by atoms with Crippen LogP contribution in [0.1, 0.15) is 21.5 Å². The van der Waals surface area contributed by atoms with E-state index in [-0.39, 0.29) is 11.5 Å². The zero-order valence-corrected chi connectivity index (χ0v) is 23.3. The Morgan fingerprint density at radius 1 is 0.927 bits per heavy atom. The highest BCUT2D eigenvalue weighted by molar-refractivity contribution is 5.94. The van der Waals surface area contributed by atoms with Crippen molar-refractivity contribution in [1.82, 2.24) is 34.1 Å². The maximum atomic E-state index is 14.0. The first-order valence-electron chi connectivity index (χ1n) is 13.4. The van der Waals surface area contributed by atoms with Gasteiger partial charge in [0.2, 0.25) is 11.7 Å². The van der Waals surface area contributed by atoms with Gasteiger partial charge >= 0.3 is 0 Å². The molecule has 1 amide bonds. The molecule has 0 fully saturated rings. The van der Waals surface area contributed by atoms with E-state index in [1.54, 1.807) is 35.0 Å². The summed E-state index contributed by atoms with van der Waals surface area (Å²) >= 11 is 0. The Morgan fingerprint density at radius 2 is 1.66 bits per heavy atom. The number of imidazole rings is 1. The quantitative estimate of drug-likeness (QED) is 0.308. The van der Waals surface area contributed by atoms with Gasteiger partial charge in [0.25, 0.3) is 11.5 Å². The van der Waals surface area contributed by atoms with E-state index in [1.165, 1.54) is 0 Å². The molecular weight excluding hydrogens is 516 g/mol. The topological polar surface area (TPSA) is 109 Å². The number of nitrogens with one attached hydrogen (secondary N) is 2. The standard InChI is InChI=1S/C31H30N8O2/c1-19-8-7-9-20(2)26(19)39-29(41)23-18-33-30(36-27(23)38-25-11-6-5-10-24(25)35-31(38)39)34-22-14-12-21(13-15-22)28(40)32-16-17-37(3)4/h5-15,18H,16-17H2,1-4H3,(H,32,40)(H,33,34,36). The lowest BCUT2D eigenvalue weighted by atomic mass is 10.1. The van der Waals surface area contributed by atoms with Crippen molar-refractivity contribution in [2.24, 2.45) is 0 Å². The monoisotopic (exact) mass is 546 g/mol. The zero-order chi connectivity index (χ0) is 28.7.